The molecular weight excluding hydrogens is 817 g/mol. The van der Waals surface area contributed by atoms with Gasteiger partial charge in [0.2, 0.25) is 31.1 Å². The number of aromatic nitrogens is 2. The normalized spacial score (nSPS) is 23.0. The van der Waals surface area contributed by atoms with Crippen molar-refractivity contribution in [3.8, 4) is 0 Å². The number of aryl methyl sites for hydroxylation is 1. The minimum Gasteiger partial charge on any atom is -0.370 e. The van der Waals surface area contributed by atoms with E-state index in [1.807, 2.05) is 18.3 Å². The number of hydrogen-bond acceptors (Lipinski definition) is 13. The van der Waals surface area contributed by atoms with Crippen molar-refractivity contribution in [1.82, 2.24) is 28.8 Å². The Morgan fingerprint density at radius 3 is 2.25 bits per heavy atom. The van der Waals surface area contributed by atoms with E-state index >= 15 is 0 Å². The average Bonchev–Trinajstić information content (AvgIpc) is 3.93. The molecule has 0 radical (unpaired) electrons. The molecule has 2 aromatic rings. The molecule has 3 atom stereocenters. The highest BCUT2D eigenvalue weighted by molar-refractivity contribution is 7.94. The van der Waals surface area contributed by atoms with Crippen molar-refractivity contribution in [3.05, 3.63) is 35.5 Å². The summed E-state index contributed by atoms with van der Waals surface area (Å²) in [7, 11) is 6.10. The number of amides is 4. The van der Waals surface area contributed by atoms with Crippen LogP contribution in [0.3, 0.4) is 0 Å². The zero-order valence-corrected chi connectivity index (χ0v) is 39.4. The first kappa shape index (κ1) is 48.3. The Bertz CT molecular complexity index is 1850. The zero-order valence-electron chi connectivity index (χ0n) is 38.6. The summed E-state index contributed by atoms with van der Waals surface area (Å²) in [4.78, 5) is 71.3. The maximum atomic E-state index is 13.5. The van der Waals surface area contributed by atoms with Crippen molar-refractivity contribution >= 4 is 66.7 Å². The Kier molecular flexibility index (Phi) is 17.0. The Labute approximate surface area is 379 Å². The second-order valence-electron chi connectivity index (χ2n) is 18.9. The van der Waals surface area contributed by atoms with Crippen LogP contribution in [0, 0.1) is 11.3 Å². The molecule has 3 saturated heterocycles. The number of nitrogens with one attached hydrogen (secondary N) is 2. The summed E-state index contributed by atoms with van der Waals surface area (Å²) in [6, 6.07) is 7.35. The molecular formula is C47H72N10O5S. The summed E-state index contributed by atoms with van der Waals surface area (Å²) in [5, 5.41) is 5.38. The first-order valence-electron chi connectivity index (χ1n) is 23.4. The van der Waals surface area contributed by atoms with E-state index in [1.165, 1.54) is 51.9 Å². The van der Waals surface area contributed by atoms with Gasteiger partial charge in [-0.05, 0) is 121 Å². The number of anilines is 4. The molecule has 6 aliphatic rings. The fourth-order valence-electron chi connectivity index (χ4n) is 10.1. The highest BCUT2D eigenvalue weighted by atomic mass is 32.2. The van der Waals surface area contributed by atoms with Crippen LogP contribution >= 0.6 is 12.1 Å². The molecule has 1 aromatic carbocycles. The van der Waals surface area contributed by atoms with E-state index in [9.17, 15) is 14.4 Å². The molecule has 2 N–H and O–H groups in total. The molecule has 5 fully saturated rings. The first-order chi connectivity index (χ1) is 30.4. The van der Waals surface area contributed by atoms with Crippen molar-refractivity contribution in [3.63, 3.8) is 0 Å². The van der Waals surface area contributed by atoms with Crippen LogP contribution in [0.4, 0.5) is 23.1 Å². The molecule has 0 bridgehead atoms. The molecule has 2 aliphatic carbocycles. The zero-order chi connectivity index (χ0) is 45.1. The van der Waals surface area contributed by atoms with Gasteiger partial charge >= 0.3 is 0 Å². The van der Waals surface area contributed by atoms with Crippen LogP contribution in [0.5, 0.6) is 0 Å². The largest absolute Gasteiger partial charge is 0.370 e. The fourth-order valence-corrected chi connectivity index (χ4v) is 11.4. The second kappa shape index (κ2) is 22.2. The number of likely N-dealkylation sites (tertiary alicyclic amines) is 1. The highest BCUT2D eigenvalue weighted by Crippen LogP contribution is 2.58. The van der Waals surface area contributed by atoms with E-state index in [-0.39, 0.29) is 5.41 Å². The lowest BCUT2D eigenvalue weighted by Crippen LogP contribution is -2.58. The number of carbonyl (C=O) groups excluding carboxylic acids is 5. The topological polar surface area (TPSA) is 155 Å². The number of unbranched alkanes of at least 4 members (excludes halogenated alkanes) is 1. The van der Waals surface area contributed by atoms with E-state index in [2.05, 4.69) is 81.7 Å². The Balaban J connectivity index is 0.000000210. The van der Waals surface area contributed by atoms with Gasteiger partial charge in [-0.2, -0.15) is 4.98 Å². The number of imide groups is 1. The lowest BCUT2D eigenvalue weighted by atomic mass is 9.73. The molecule has 3 unspecified atom stereocenters. The van der Waals surface area contributed by atoms with Gasteiger partial charge in [0.1, 0.15) is 12.1 Å². The summed E-state index contributed by atoms with van der Waals surface area (Å²) in [6.07, 6.45) is 19.2. The van der Waals surface area contributed by atoms with Crippen LogP contribution in [0.25, 0.3) is 0 Å². The van der Waals surface area contributed by atoms with Crippen molar-refractivity contribution < 1.29 is 24.0 Å². The molecule has 4 aliphatic heterocycles. The molecule has 15 nitrogen and oxygen atoms in total. The lowest BCUT2D eigenvalue weighted by molar-refractivity contribution is -0.121. The summed E-state index contributed by atoms with van der Waals surface area (Å²) in [5.41, 5.74) is 4.52. The van der Waals surface area contributed by atoms with Crippen LogP contribution in [0.1, 0.15) is 115 Å². The number of piperidine rings is 2. The van der Waals surface area contributed by atoms with E-state index < -0.39 is 0 Å². The van der Waals surface area contributed by atoms with Gasteiger partial charge in [0.25, 0.3) is 0 Å². The van der Waals surface area contributed by atoms with Gasteiger partial charge in [-0.25, -0.2) is 13.6 Å². The van der Waals surface area contributed by atoms with Crippen molar-refractivity contribution in [2.24, 2.45) is 11.3 Å². The van der Waals surface area contributed by atoms with Gasteiger partial charge in [-0.1, -0.05) is 32.8 Å². The van der Waals surface area contributed by atoms with Gasteiger partial charge in [0.15, 0.2) is 0 Å². The van der Waals surface area contributed by atoms with Gasteiger partial charge in [-0.15, -0.1) is 0 Å². The van der Waals surface area contributed by atoms with Crippen molar-refractivity contribution in [2.45, 2.75) is 134 Å². The maximum absolute atomic E-state index is 13.5. The number of rotatable bonds is 17. The van der Waals surface area contributed by atoms with Crippen molar-refractivity contribution in [1.29, 1.82) is 0 Å². The van der Waals surface area contributed by atoms with E-state index in [1.54, 1.807) is 17.3 Å². The van der Waals surface area contributed by atoms with Gasteiger partial charge in [-0.3, -0.25) is 24.1 Å². The van der Waals surface area contributed by atoms with Crippen molar-refractivity contribution in [2.75, 3.05) is 80.4 Å². The monoisotopic (exact) mass is 889 g/mol. The number of carbonyl (C=O) groups is 5. The van der Waals surface area contributed by atoms with Gasteiger partial charge < -0.3 is 30.1 Å². The average molecular weight is 889 g/mol. The first-order valence-corrected chi connectivity index (χ1v) is 24.1. The summed E-state index contributed by atoms with van der Waals surface area (Å²) >= 11 is 1.97. The standard InChI is InChI=1S/C27H41N7OS.C18H28N2O2.C2H3NO2/c1-19-4-3-5-22(19)34-23-21(27(8-9-27)24(34)35)16-28-25(30-23)29-20-6-12-32(13-7-20)36-33-17-26(18-33)10-14-31(2)15-11-26;1-5-8-15(2)20(4)17-11-10-16(9-6-7-12-21)13-18(17)19(3)14-22;4-1-3-2-5/h16,19-20,22H,3-15,17-18H2,1-2H3,(H,28,29,30);10-15H,5-9H2,1-4H3;1-2H,(H,3,4,5). The third-order valence-electron chi connectivity index (χ3n) is 14.4. The Morgan fingerprint density at radius 2 is 1.67 bits per heavy atom. The summed E-state index contributed by atoms with van der Waals surface area (Å²) in [5.74, 6) is 2.45. The van der Waals surface area contributed by atoms with Gasteiger partial charge in [0.05, 0.1) is 16.8 Å². The molecule has 63 heavy (non-hydrogen) atoms. The predicted molar refractivity (Wildman–Crippen MR) is 252 cm³/mol. The molecule has 16 heteroatoms. The maximum Gasteiger partial charge on any atom is 0.239 e. The molecule has 2 spiro atoms. The number of nitrogens with zero attached hydrogens (tertiary/aromatic N) is 8. The molecule has 4 amide bonds. The predicted octanol–water partition coefficient (Wildman–Crippen LogP) is 5.82. The second-order valence-corrected chi connectivity index (χ2v) is 20.1. The van der Waals surface area contributed by atoms with Crippen LogP contribution < -0.4 is 25.3 Å². The lowest BCUT2D eigenvalue weighted by Gasteiger charge is -2.54. The quantitative estimate of drug-likeness (QED) is 0.112. The minimum absolute atomic E-state index is 0.293. The summed E-state index contributed by atoms with van der Waals surface area (Å²) < 4.78 is 5.12. The van der Waals surface area contributed by atoms with Crippen LogP contribution in [0.2, 0.25) is 0 Å². The van der Waals surface area contributed by atoms with Gasteiger partial charge in [0, 0.05) is 94.1 Å². The fraction of sp³-hybridized carbons (Fsp3) is 0.681. The Morgan fingerprint density at radius 1 is 0.952 bits per heavy atom. The number of benzene rings is 1. The molecule has 2 saturated carbocycles. The van der Waals surface area contributed by atoms with Crippen LogP contribution in [0.15, 0.2) is 24.4 Å². The smallest absolute Gasteiger partial charge is 0.239 e. The SMILES string of the molecule is CC1CCCC1N1C(=O)C2(CC2)c2cnc(NC3CCN(SN4CC5(CCN(C)CC5)C4)CC3)nc21.CCCC(C)N(C)c1ccc(CCCC=O)cc1N(C)C=O.O=CNC=O. The summed E-state index contributed by atoms with van der Waals surface area (Å²) in [6.45, 7) is 13.9. The van der Waals surface area contributed by atoms with E-state index in [0.29, 0.717) is 60.6 Å². The highest BCUT2D eigenvalue weighted by Gasteiger charge is 2.62. The third-order valence-corrected chi connectivity index (χ3v) is 15.5. The van der Waals surface area contributed by atoms with E-state index in [4.69, 9.17) is 19.6 Å². The molecule has 8 rings (SSSR count). The third kappa shape index (κ3) is 11.6. The van der Waals surface area contributed by atoms with Crippen LogP contribution in [-0.2, 0) is 35.8 Å². The minimum atomic E-state index is -0.304. The molecule has 5 heterocycles. The molecule has 1 aromatic heterocycles. The number of hydrogen-bond donors (Lipinski definition) is 2. The number of fused-ring (bicyclic) bond motifs is 2. The van der Waals surface area contributed by atoms with Crippen LogP contribution in [-0.4, -0.2) is 133 Å². The molecule has 346 valence electrons. The Hall–Kier alpha value is -4.12. The number of aldehydes is 1. The van der Waals surface area contributed by atoms with E-state index in [0.717, 1.165) is 112 Å².